The van der Waals surface area contributed by atoms with Crippen LogP contribution in [-0.4, -0.2) is 18.4 Å². The van der Waals surface area contributed by atoms with Gasteiger partial charge in [-0.15, -0.1) is 12.4 Å². The molecule has 0 saturated carbocycles. The number of nitrogens with one attached hydrogen (secondary N) is 2. The molecule has 6 nitrogen and oxygen atoms in total. The molecule has 2 rings (SSSR count). The molecule has 25 heavy (non-hydrogen) atoms. The standard InChI is InChI=1S/C17H20ClN3O3.ClH/c1-10(2)8-20-17(23)14-4-3-12(6-15(14)18)21-16(22)11-5-13(7-19)24-9-11;/h3-6,9-10H,7-8,19H2,1-2H3,(H,20,23)(H,21,22);1H. The molecule has 1 aromatic heterocycles. The molecule has 0 radical (unpaired) electrons. The van der Waals surface area contributed by atoms with E-state index in [2.05, 4.69) is 10.6 Å². The minimum Gasteiger partial charge on any atom is -0.467 e. The van der Waals surface area contributed by atoms with Crippen LogP contribution in [0.15, 0.2) is 34.9 Å². The fourth-order valence-corrected chi connectivity index (χ4v) is 2.25. The Bertz CT molecular complexity index is 744. The first-order valence-corrected chi connectivity index (χ1v) is 7.95. The van der Waals surface area contributed by atoms with E-state index in [1.165, 1.54) is 12.3 Å². The Hall–Kier alpha value is -2.02. The van der Waals surface area contributed by atoms with Crippen LogP contribution < -0.4 is 16.4 Å². The number of carbonyl (C=O) groups is 2. The van der Waals surface area contributed by atoms with Gasteiger partial charge in [0.2, 0.25) is 0 Å². The third-order valence-electron chi connectivity index (χ3n) is 3.26. The summed E-state index contributed by atoms with van der Waals surface area (Å²) >= 11 is 6.15. The van der Waals surface area contributed by atoms with Gasteiger partial charge < -0.3 is 20.8 Å². The van der Waals surface area contributed by atoms with E-state index in [4.69, 9.17) is 21.8 Å². The van der Waals surface area contributed by atoms with Crippen molar-refractivity contribution in [3.8, 4) is 0 Å². The molecule has 4 N–H and O–H groups in total. The Morgan fingerprint density at radius 2 is 1.96 bits per heavy atom. The summed E-state index contributed by atoms with van der Waals surface area (Å²) < 4.78 is 5.13. The Balaban J connectivity index is 0.00000312. The fraction of sp³-hybridized carbons (Fsp3) is 0.294. The maximum Gasteiger partial charge on any atom is 0.258 e. The lowest BCUT2D eigenvalue weighted by Gasteiger charge is -2.10. The molecule has 0 unspecified atom stereocenters. The number of benzene rings is 1. The lowest BCUT2D eigenvalue weighted by molar-refractivity contribution is 0.0948. The van der Waals surface area contributed by atoms with Crippen molar-refractivity contribution in [3.63, 3.8) is 0 Å². The van der Waals surface area contributed by atoms with E-state index in [0.717, 1.165) is 0 Å². The molecule has 0 atom stereocenters. The zero-order valence-corrected chi connectivity index (χ0v) is 15.5. The summed E-state index contributed by atoms with van der Waals surface area (Å²) in [6, 6.07) is 6.31. The Labute approximate surface area is 157 Å². The average molecular weight is 386 g/mol. The molecule has 8 heteroatoms. The summed E-state index contributed by atoms with van der Waals surface area (Å²) in [5, 5.41) is 5.76. The summed E-state index contributed by atoms with van der Waals surface area (Å²) in [4.78, 5) is 24.2. The molecule has 0 fully saturated rings. The highest BCUT2D eigenvalue weighted by Gasteiger charge is 2.14. The Morgan fingerprint density at radius 3 is 2.52 bits per heavy atom. The van der Waals surface area contributed by atoms with E-state index in [1.807, 2.05) is 13.8 Å². The zero-order valence-electron chi connectivity index (χ0n) is 14.0. The molecule has 1 heterocycles. The highest BCUT2D eigenvalue weighted by atomic mass is 35.5. The van der Waals surface area contributed by atoms with Crippen molar-refractivity contribution in [1.29, 1.82) is 0 Å². The summed E-state index contributed by atoms with van der Waals surface area (Å²) in [7, 11) is 0. The van der Waals surface area contributed by atoms with Gasteiger partial charge in [-0.2, -0.15) is 0 Å². The first-order chi connectivity index (χ1) is 11.4. The van der Waals surface area contributed by atoms with Crippen LogP contribution in [-0.2, 0) is 6.54 Å². The number of amides is 2. The number of hydrogen-bond acceptors (Lipinski definition) is 4. The zero-order chi connectivity index (χ0) is 17.7. The number of halogens is 2. The van der Waals surface area contributed by atoms with E-state index in [9.17, 15) is 9.59 Å². The van der Waals surface area contributed by atoms with Gasteiger partial charge >= 0.3 is 0 Å². The molecule has 2 amide bonds. The monoisotopic (exact) mass is 385 g/mol. The Morgan fingerprint density at radius 1 is 1.24 bits per heavy atom. The number of hydrogen-bond donors (Lipinski definition) is 3. The predicted octanol–water partition coefficient (Wildman–Crippen LogP) is 3.45. The summed E-state index contributed by atoms with van der Waals surface area (Å²) in [6.07, 6.45) is 1.34. The molecule has 0 aliphatic carbocycles. The maximum absolute atomic E-state index is 12.1. The molecule has 2 aromatic rings. The van der Waals surface area contributed by atoms with Gasteiger partial charge in [-0.3, -0.25) is 9.59 Å². The van der Waals surface area contributed by atoms with Gasteiger partial charge in [0.05, 0.1) is 22.7 Å². The smallest absolute Gasteiger partial charge is 0.258 e. The van der Waals surface area contributed by atoms with Gasteiger partial charge in [-0.05, 0) is 30.2 Å². The van der Waals surface area contributed by atoms with Crippen LogP contribution >= 0.6 is 24.0 Å². The van der Waals surface area contributed by atoms with Crippen LogP contribution in [0.2, 0.25) is 5.02 Å². The van der Waals surface area contributed by atoms with Crippen molar-refractivity contribution in [1.82, 2.24) is 5.32 Å². The number of carbonyl (C=O) groups excluding carboxylic acids is 2. The third-order valence-corrected chi connectivity index (χ3v) is 3.57. The summed E-state index contributed by atoms with van der Waals surface area (Å²) in [5.74, 6) is 0.288. The number of anilines is 1. The SMILES string of the molecule is CC(C)CNC(=O)c1ccc(NC(=O)c2coc(CN)c2)cc1Cl.Cl. The molecular formula is C17H21Cl2N3O3. The molecule has 0 bridgehead atoms. The minimum absolute atomic E-state index is 0. The second-order valence-corrected chi connectivity index (χ2v) is 6.17. The molecule has 1 aromatic carbocycles. The van der Waals surface area contributed by atoms with Crippen LogP contribution in [0.3, 0.4) is 0 Å². The van der Waals surface area contributed by atoms with Gasteiger partial charge in [-0.25, -0.2) is 0 Å². The topological polar surface area (TPSA) is 97.4 Å². The van der Waals surface area contributed by atoms with Crippen molar-refractivity contribution < 1.29 is 14.0 Å². The molecule has 0 spiro atoms. The van der Waals surface area contributed by atoms with E-state index < -0.39 is 0 Å². The molecular weight excluding hydrogens is 365 g/mol. The van der Waals surface area contributed by atoms with E-state index in [0.29, 0.717) is 35.0 Å². The van der Waals surface area contributed by atoms with Crippen LogP contribution in [0.25, 0.3) is 0 Å². The first kappa shape index (κ1) is 21.0. The van der Waals surface area contributed by atoms with Gasteiger partial charge in [0.15, 0.2) is 0 Å². The van der Waals surface area contributed by atoms with Gasteiger partial charge in [0.1, 0.15) is 12.0 Å². The number of nitrogens with two attached hydrogens (primary N) is 1. The van der Waals surface area contributed by atoms with Crippen molar-refractivity contribution in [2.75, 3.05) is 11.9 Å². The van der Waals surface area contributed by atoms with Gasteiger partial charge in [0, 0.05) is 12.2 Å². The Kier molecular flexibility index (Phi) is 7.96. The second kappa shape index (κ2) is 9.46. The quantitative estimate of drug-likeness (QED) is 0.708. The lowest BCUT2D eigenvalue weighted by Crippen LogP contribution is -2.27. The summed E-state index contributed by atoms with van der Waals surface area (Å²) in [6.45, 7) is 4.80. The second-order valence-electron chi connectivity index (χ2n) is 5.76. The largest absolute Gasteiger partial charge is 0.467 e. The molecule has 0 aliphatic heterocycles. The molecule has 0 saturated heterocycles. The molecule has 0 aliphatic rings. The van der Waals surface area contributed by atoms with E-state index in [-0.39, 0.29) is 35.8 Å². The fourth-order valence-electron chi connectivity index (χ4n) is 1.98. The van der Waals surface area contributed by atoms with Crippen molar-refractivity contribution in [2.24, 2.45) is 11.7 Å². The van der Waals surface area contributed by atoms with Crippen LogP contribution in [0.1, 0.15) is 40.3 Å². The number of rotatable bonds is 6. The van der Waals surface area contributed by atoms with Crippen molar-refractivity contribution in [2.45, 2.75) is 20.4 Å². The number of furan rings is 1. The average Bonchev–Trinajstić information content (AvgIpc) is 3.02. The normalized spacial score (nSPS) is 10.3. The van der Waals surface area contributed by atoms with Crippen molar-refractivity contribution >= 4 is 41.5 Å². The van der Waals surface area contributed by atoms with Crippen LogP contribution in [0.5, 0.6) is 0 Å². The van der Waals surface area contributed by atoms with Crippen molar-refractivity contribution in [3.05, 3.63) is 52.4 Å². The lowest BCUT2D eigenvalue weighted by atomic mass is 10.1. The predicted molar refractivity (Wildman–Crippen MR) is 100 cm³/mol. The third kappa shape index (κ3) is 5.77. The van der Waals surface area contributed by atoms with Gasteiger partial charge in [0.25, 0.3) is 11.8 Å². The summed E-state index contributed by atoms with van der Waals surface area (Å²) in [5.41, 5.74) is 6.66. The molecule has 136 valence electrons. The van der Waals surface area contributed by atoms with E-state index in [1.54, 1.807) is 18.2 Å². The minimum atomic E-state index is -0.341. The van der Waals surface area contributed by atoms with Crippen LogP contribution in [0.4, 0.5) is 5.69 Å². The van der Waals surface area contributed by atoms with Crippen LogP contribution in [0, 0.1) is 5.92 Å². The first-order valence-electron chi connectivity index (χ1n) is 7.57. The van der Waals surface area contributed by atoms with Gasteiger partial charge in [-0.1, -0.05) is 25.4 Å². The maximum atomic E-state index is 12.1. The highest BCUT2D eigenvalue weighted by Crippen LogP contribution is 2.22. The van der Waals surface area contributed by atoms with E-state index >= 15 is 0 Å². The highest BCUT2D eigenvalue weighted by molar-refractivity contribution is 6.34.